The van der Waals surface area contributed by atoms with Gasteiger partial charge in [0.2, 0.25) is 0 Å². The van der Waals surface area contributed by atoms with E-state index < -0.39 is 0 Å². The van der Waals surface area contributed by atoms with Crippen LogP contribution >= 0.6 is 24.0 Å². The highest BCUT2D eigenvalue weighted by molar-refractivity contribution is 14.0. The van der Waals surface area contributed by atoms with Crippen LogP contribution in [0.2, 0.25) is 0 Å². The summed E-state index contributed by atoms with van der Waals surface area (Å²) in [7, 11) is 7.75. The molecule has 0 bridgehead atoms. The molecule has 0 unspecified atom stereocenters. The molecule has 0 aliphatic rings. The summed E-state index contributed by atoms with van der Waals surface area (Å²) in [6, 6.07) is 8.12. The number of aryl methyl sites for hydroxylation is 1. The lowest BCUT2D eigenvalue weighted by Crippen LogP contribution is -2.36. The Morgan fingerprint density at radius 1 is 1.19 bits per heavy atom. The minimum atomic E-state index is 0. The maximum absolute atomic E-state index is 5.75. The van der Waals surface area contributed by atoms with E-state index in [4.69, 9.17) is 4.74 Å². The molecule has 2 aromatic rings. The Balaban J connectivity index is 0.00000364. The van der Waals surface area contributed by atoms with E-state index in [0.717, 1.165) is 42.7 Å². The van der Waals surface area contributed by atoms with Crippen molar-refractivity contribution in [1.82, 2.24) is 30.3 Å². The molecule has 9 heteroatoms. The molecule has 0 aliphatic heterocycles. The first-order valence-corrected chi connectivity index (χ1v) is 8.72. The fourth-order valence-corrected chi connectivity index (χ4v) is 2.32. The monoisotopic (exact) mass is 487 g/mol. The number of aliphatic imine (C=N–C) groups is 1. The summed E-state index contributed by atoms with van der Waals surface area (Å²) in [5.41, 5.74) is 1.16. The number of nitrogens with one attached hydrogen (secondary N) is 2. The maximum atomic E-state index is 5.75. The molecule has 2 rings (SSSR count). The molecule has 1 heterocycles. The smallest absolute Gasteiger partial charge is 0.191 e. The minimum Gasteiger partial charge on any atom is -0.494 e. The van der Waals surface area contributed by atoms with Crippen LogP contribution in [0, 0.1) is 0 Å². The molecule has 0 saturated heterocycles. The molecule has 27 heavy (non-hydrogen) atoms. The van der Waals surface area contributed by atoms with Crippen LogP contribution in [0.1, 0.15) is 17.8 Å². The van der Waals surface area contributed by atoms with Gasteiger partial charge in [0, 0.05) is 27.2 Å². The first-order chi connectivity index (χ1) is 12.6. The van der Waals surface area contributed by atoms with Crippen LogP contribution in [0.15, 0.2) is 35.6 Å². The zero-order valence-corrected chi connectivity index (χ0v) is 18.8. The van der Waals surface area contributed by atoms with Crippen molar-refractivity contribution in [3.63, 3.8) is 0 Å². The van der Waals surface area contributed by atoms with Gasteiger partial charge in [-0.25, -0.2) is 4.98 Å². The molecule has 0 amide bonds. The molecule has 0 spiro atoms. The molecule has 1 aromatic heterocycles. The third-order valence-electron chi connectivity index (χ3n) is 3.84. The molecule has 8 nitrogen and oxygen atoms in total. The topological polar surface area (TPSA) is 79.6 Å². The normalized spacial score (nSPS) is 11.2. The molecule has 0 fully saturated rings. The van der Waals surface area contributed by atoms with Crippen LogP contribution in [0.5, 0.6) is 5.75 Å². The Labute approximate surface area is 178 Å². The summed E-state index contributed by atoms with van der Waals surface area (Å²) in [5.74, 6) is 2.47. The average molecular weight is 487 g/mol. The molecule has 0 radical (unpaired) electrons. The highest BCUT2D eigenvalue weighted by Crippen LogP contribution is 2.12. The van der Waals surface area contributed by atoms with Gasteiger partial charge in [-0.15, -0.1) is 24.0 Å². The summed E-state index contributed by atoms with van der Waals surface area (Å²) in [4.78, 5) is 10.6. The van der Waals surface area contributed by atoms with Gasteiger partial charge in [0.15, 0.2) is 5.96 Å². The fraction of sp³-hybridized carbons (Fsp3) is 0.500. The Kier molecular flexibility index (Phi) is 10.7. The Hall–Kier alpha value is -1.88. The average Bonchev–Trinajstić information content (AvgIpc) is 3.05. The first-order valence-electron chi connectivity index (χ1n) is 8.72. The number of benzene rings is 1. The molecule has 1 aromatic carbocycles. The van der Waals surface area contributed by atoms with Gasteiger partial charge in [0.1, 0.15) is 17.9 Å². The number of ether oxygens (including phenoxy) is 1. The van der Waals surface area contributed by atoms with Crippen LogP contribution in [0.3, 0.4) is 0 Å². The standard InChI is InChI=1S/C18H29N7O.HI/c1-19-18(21-13-17-22-14-23-25(17)4)20-12-15-6-8-16(9-7-15)26-11-5-10-24(2)3;/h6-9,14H,5,10-13H2,1-4H3,(H2,19,20,21);1H. The van der Waals surface area contributed by atoms with Crippen molar-refractivity contribution in [1.29, 1.82) is 0 Å². The number of aromatic nitrogens is 3. The largest absolute Gasteiger partial charge is 0.494 e. The van der Waals surface area contributed by atoms with Crippen LogP contribution in [-0.2, 0) is 20.1 Å². The lowest BCUT2D eigenvalue weighted by atomic mass is 10.2. The third-order valence-corrected chi connectivity index (χ3v) is 3.84. The lowest BCUT2D eigenvalue weighted by Gasteiger charge is -2.12. The van der Waals surface area contributed by atoms with Crippen molar-refractivity contribution in [2.24, 2.45) is 12.0 Å². The summed E-state index contributed by atoms with van der Waals surface area (Å²) in [6.07, 6.45) is 2.56. The van der Waals surface area contributed by atoms with Crippen LogP contribution in [0.25, 0.3) is 0 Å². The van der Waals surface area contributed by atoms with Gasteiger partial charge in [0.05, 0.1) is 13.2 Å². The molecule has 0 atom stereocenters. The van der Waals surface area contributed by atoms with E-state index in [-0.39, 0.29) is 24.0 Å². The number of halogens is 1. The molecule has 0 saturated carbocycles. The molecule has 0 aliphatic carbocycles. The second-order valence-corrected chi connectivity index (χ2v) is 6.23. The van der Waals surface area contributed by atoms with Crippen LogP contribution in [0.4, 0.5) is 0 Å². The minimum absolute atomic E-state index is 0. The SMILES string of the molecule is CN=C(NCc1ccc(OCCCN(C)C)cc1)NCc1ncnn1C.I. The van der Waals surface area contributed by atoms with Crippen molar-refractivity contribution in [3.8, 4) is 5.75 Å². The summed E-state index contributed by atoms with van der Waals surface area (Å²) >= 11 is 0. The first kappa shape index (κ1) is 23.2. The van der Waals surface area contributed by atoms with Crippen molar-refractivity contribution in [2.75, 3.05) is 34.3 Å². The van der Waals surface area contributed by atoms with E-state index in [1.54, 1.807) is 11.7 Å². The molecular formula is C18H30IN7O. The number of guanidine groups is 1. The van der Waals surface area contributed by atoms with E-state index in [1.807, 2.05) is 19.2 Å². The Bertz CT molecular complexity index is 685. The van der Waals surface area contributed by atoms with E-state index in [1.165, 1.54) is 6.33 Å². The van der Waals surface area contributed by atoms with Gasteiger partial charge in [0.25, 0.3) is 0 Å². The van der Waals surface area contributed by atoms with Crippen molar-refractivity contribution in [2.45, 2.75) is 19.5 Å². The fourth-order valence-electron chi connectivity index (χ4n) is 2.32. The molecule has 2 N–H and O–H groups in total. The predicted molar refractivity (Wildman–Crippen MR) is 119 cm³/mol. The van der Waals surface area contributed by atoms with Crippen molar-refractivity contribution < 1.29 is 4.74 Å². The quantitative estimate of drug-likeness (QED) is 0.242. The van der Waals surface area contributed by atoms with E-state index in [9.17, 15) is 0 Å². The van der Waals surface area contributed by atoms with E-state index in [0.29, 0.717) is 13.1 Å². The highest BCUT2D eigenvalue weighted by Gasteiger charge is 2.03. The van der Waals surface area contributed by atoms with Crippen LogP contribution < -0.4 is 15.4 Å². The number of hydrogen-bond donors (Lipinski definition) is 2. The van der Waals surface area contributed by atoms with Crippen molar-refractivity contribution >= 4 is 29.9 Å². The number of rotatable bonds is 9. The van der Waals surface area contributed by atoms with Gasteiger partial charge in [-0.2, -0.15) is 5.10 Å². The van der Waals surface area contributed by atoms with E-state index >= 15 is 0 Å². The van der Waals surface area contributed by atoms with Gasteiger partial charge >= 0.3 is 0 Å². The highest BCUT2D eigenvalue weighted by atomic mass is 127. The predicted octanol–water partition coefficient (Wildman–Crippen LogP) is 1.63. The van der Waals surface area contributed by atoms with Gasteiger partial charge in [-0.1, -0.05) is 12.1 Å². The van der Waals surface area contributed by atoms with Crippen LogP contribution in [-0.4, -0.2) is 59.9 Å². The lowest BCUT2D eigenvalue weighted by molar-refractivity contribution is 0.281. The van der Waals surface area contributed by atoms with Gasteiger partial charge in [-0.05, 0) is 38.2 Å². The van der Waals surface area contributed by atoms with Gasteiger partial charge in [-0.3, -0.25) is 9.67 Å². The molecule has 150 valence electrons. The van der Waals surface area contributed by atoms with E-state index in [2.05, 4.69) is 56.8 Å². The third kappa shape index (κ3) is 8.57. The number of nitrogens with zero attached hydrogens (tertiary/aromatic N) is 5. The molecular weight excluding hydrogens is 457 g/mol. The summed E-state index contributed by atoms with van der Waals surface area (Å²) in [6.45, 7) is 3.01. The maximum Gasteiger partial charge on any atom is 0.191 e. The summed E-state index contributed by atoms with van der Waals surface area (Å²) in [5, 5.41) is 10.6. The summed E-state index contributed by atoms with van der Waals surface area (Å²) < 4.78 is 7.48. The van der Waals surface area contributed by atoms with Crippen molar-refractivity contribution in [3.05, 3.63) is 42.0 Å². The second kappa shape index (κ2) is 12.5. The second-order valence-electron chi connectivity index (χ2n) is 6.23. The Morgan fingerprint density at radius 2 is 1.89 bits per heavy atom. The number of hydrogen-bond acceptors (Lipinski definition) is 5. The Morgan fingerprint density at radius 3 is 2.48 bits per heavy atom. The zero-order chi connectivity index (χ0) is 18.8. The zero-order valence-electron chi connectivity index (χ0n) is 16.5. The van der Waals surface area contributed by atoms with Gasteiger partial charge < -0.3 is 20.3 Å².